The minimum absolute atomic E-state index is 0.0847. The summed E-state index contributed by atoms with van der Waals surface area (Å²) < 4.78 is 11.6. The van der Waals surface area contributed by atoms with Gasteiger partial charge >= 0.3 is 0 Å². The van der Waals surface area contributed by atoms with Crippen molar-refractivity contribution in [3.05, 3.63) is 35.9 Å². The van der Waals surface area contributed by atoms with E-state index < -0.39 is 0 Å². The highest BCUT2D eigenvalue weighted by Crippen LogP contribution is 2.29. The van der Waals surface area contributed by atoms with Crippen molar-refractivity contribution in [1.82, 2.24) is 15.5 Å². The number of hydrogen-bond donors (Lipinski definition) is 2. The second kappa shape index (κ2) is 11.5. The molecule has 3 aliphatic heterocycles. The van der Waals surface area contributed by atoms with Crippen molar-refractivity contribution in [1.29, 1.82) is 0 Å². The third kappa shape index (κ3) is 6.26. The zero-order valence-electron chi connectivity index (χ0n) is 19.6. The van der Waals surface area contributed by atoms with Gasteiger partial charge < -0.3 is 29.9 Å². The Hall–Kier alpha value is -2.58. The number of nitrogens with one attached hydrogen (secondary N) is 2. The van der Waals surface area contributed by atoms with Crippen LogP contribution in [-0.4, -0.2) is 75.8 Å². The normalized spacial score (nSPS) is 25.1. The van der Waals surface area contributed by atoms with Crippen molar-refractivity contribution >= 4 is 17.5 Å². The summed E-state index contributed by atoms with van der Waals surface area (Å²) in [5.74, 6) is 1.41. The van der Waals surface area contributed by atoms with Crippen molar-refractivity contribution in [3.63, 3.8) is 0 Å². The Labute approximate surface area is 196 Å². The molecule has 1 aromatic carbocycles. The van der Waals surface area contributed by atoms with Crippen LogP contribution in [0.3, 0.4) is 0 Å². The summed E-state index contributed by atoms with van der Waals surface area (Å²) in [7, 11) is 0. The molecule has 0 unspecified atom stereocenters. The number of nitrogens with zero attached hydrogens (tertiary/aromatic N) is 2. The van der Waals surface area contributed by atoms with Gasteiger partial charge in [0.2, 0.25) is 11.8 Å². The summed E-state index contributed by atoms with van der Waals surface area (Å²) in [6.45, 7) is 8.48. The molecular formula is C25H36N4O4. The molecule has 0 aromatic heterocycles. The van der Waals surface area contributed by atoms with E-state index in [0.717, 1.165) is 49.7 Å². The first-order chi connectivity index (χ1) is 16.1. The molecule has 33 heavy (non-hydrogen) atoms. The fourth-order valence-corrected chi connectivity index (χ4v) is 4.88. The maximum absolute atomic E-state index is 12.9. The number of piperidine rings is 1. The molecule has 8 nitrogen and oxygen atoms in total. The Morgan fingerprint density at radius 2 is 2.03 bits per heavy atom. The second-order valence-corrected chi connectivity index (χ2v) is 8.94. The van der Waals surface area contributed by atoms with E-state index in [1.54, 1.807) is 0 Å². The lowest BCUT2D eigenvalue weighted by atomic mass is 9.82. The van der Waals surface area contributed by atoms with Crippen LogP contribution in [0.4, 0.5) is 5.69 Å². The molecule has 2 N–H and O–H groups in total. The quantitative estimate of drug-likeness (QED) is 0.669. The van der Waals surface area contributed by atoms with Crippen LogP contribution in [0.1, 0.15) is 25.3 Å². The lowest BCUT2D eigenvalue weighted by molar-refractivity contribution is -0.132. The van der Waals surface area contributed by atoms with Crippen LogP contribution in [0.15, 0.2) is 30.4 Å². The number of morpholine rings is 1. The third-order valence-electron chi connectivity index (χ3n) is 6.71. The van der Waals surface area contributed by atoms with Crippen molar-refractivity contribution in [2.75, 3.05) is 64.0 Å². The van der Waals surface area contributed by atoms with Crippen LogP contribution in [0.5, 0.6) is 5.75 Å². The number of ether oxygens (including phenoxy) is 2. The number of fused-ring (bicyclic) bond motifs is 3. The van der Waals surface area contributed by atoms with E-state index in [0.29, 0.717) is 45.8 Å². The number of carbonyl (C=O) groups is 2. The molecular weight excluding hydrogens is 420 g/mol. The minimum Gasteiger partial charge on any atom is -0.489 e. The first kappa shape index (κ1) is 23.6. The smallest absolute Gasteiger partial charge is 0.236 e. The van der Waals surface area contributed by atoms with E-state index in [2.05, 4.69) is 33.7 Å². The van der Waals surface area contributed by atoms with E-state index >= 15 is 0 Å². The number of hydrogen-bond acceptors (Lipinski definition) is 6. The molecule has 8 heteroatoms. The van der Waals surface area contributed by atoms with Gasteiger partial charge in [-0.2, -0.15) is 0 Å². The molecule has 4 rings (SSSR count). The number of carbonyl (C=O) groups excluding carboxylic acids is 2. The summed E-state index contributed by atoms with van der Waals surface area (Å²) in [5.41, 5.74) is 2.20. The van der Waals surface area contributed by atoms with Gasteiger partial charge in [0, 0.05) is 56.9 Å². The van der Waals surface area contributed by atoms with Crippen LogP contribution < -0.4 is 20.3 Å². The van der Waals surface area contributed by atoms with Gasteiger partial charge in [-0.05, 0) is 43.4 Å². The molecule has 1 aromatic rings. The fourth-order valence-electron chi connectivity index (χ4n) is 4.88. The van der Waals surface area contributed by atoms with Gasteiger partial charge in [0.15, 0.2) is 0 Å². The van der Waals surface area contributed by atoms with Crippen molar-refractivity contribution in [2.24, 2.45) is 11.8 Å². The average molecular weight is 457 g/mol. The molecule has 2 atom stereocenters. The standard InChI is InChI=1S/C25H36N4O4/c1-2-27-24(30)15-19-7-8-29-18-20(19)4-3-11-33-23-6-5-22(28-9-12-32-13-10-28)14-21(23)16-26-17-25(29)31/h3-6,14,19-20,26H,2,7-13,15-18H2,1H3,(H,27,30)/b4-3+/t19-,20-/m0/s1. The topological polar surface area (TPSA) is 83.1 Å². The van der Waals surface area contributed by atoms with Gasteiger partial charge in [-0.1, -0.05) is 12.2 Å². The monoisotopic (exact) mass is 456 g/mol. The average Bonchev–Trinajstić information content (AvgIpc) is 2.84. The van der Waals surface area contributed by atoms with E-state index in [9.17, 15) is 9.59 Å². The molecule has 2 amide bonds. The zero-order valence-corrected chi connectivity index (χ0v) is 19.6. The summed E-state index contributed by atoms with van der Waals surface area (Å²) >= 11 is 0. The summed E-state index contributed by atoms with van der Waals surface area (Å²) in [4.78, 5) is 29.3. The highest BCUT2D eigenvalue weighted by atomic mass is 16.5. The molecule has 0 saturated carbocycles. The Bertz CT molecular complexity index is 853. The fraction of sp³-hybridized carbons (Fsp3) is 0.600. The summed E-state index contributed by atoms with van der Waals surface area (Å²) in [6, 6.07) is 6.28. The Balaban J connectivity index is 1.48. The van der Waals surface area contributed by atoms with Crippen LogP contribution in [0.2, 0.25) is 0 Å². The molecule has 2 fully saturated rings. The Morgan fingerprint density at radius 1 is 1.18 bits per heavy atom. The van der Waals surface area contributed by atoms with Crippen molar-refractivity contribution in [2.45, 2.75) is 26.3 Å². The van der Waals surface area contributed by atoms with Crippen LogP contribution >= 0.6 is 0 Å². The summed E-state index contributed by atoms with van der Waals surface area (Å²) in [5, 5.41) is 6.23. The molecule has 2 bridgehead atoms. The second-order valence-electron chi connectivity index (χ2n) is 8.94. The van der Waals surface area contributed by atoms with Gasteiger partial charge in [0.25, 0.3) is 0 Å². The largest absolute Gasteiger partial charge is 0.489 e. The van der Waals surface area contributed by atoms with E-state index in [1.165, 1.54) is 0 Å². The third-order valence-corrected chi connectivity index (χ3v) is 6.71. The van der Waals surface area contributed by atoms with Crippen LogP contribution in [-0.2, 0) is 20.9 Å². The SMILES string of the molecule is CCNC(=O)C[C@@H]1CCN2C[C@@H]1/C=C/COc1ccc(N3CCOCC3)cc1CNCC2=O. The minimum atomic E-state index is 0.0847. The first-order valence-corrected chi connectivity index (χ1v) is 12.1. The number of rotatable bonds is 4. The molecule has 0 aliphatic carbocycles. The maximum atomic E-state index is 12.9. The molecule has 3 heterocycles. The molecule has 3 aliphatic rings. The molecule has 0 radical (unpaired) electrons. The number of anilines is 1. The highest BCUT2D eigenvalue weighted by molar-refractivity contribution is 5.79. The number of amides is 2. The van der Waals surface area contributed by atoms with E-state index in [-0.39, 0.29) is 23.7 Å². The zero-order chi connectivity index (χ0) is 23.0. The summed E-state index contributed by atoms with van der Waals surface area (Å²) in [6.07, 6.45) is 5.50. The van der Waals surface area contributed by atoms with E-state index in [1.807, 2.05) is 24.0 Å². The van der Waals surface area contributed by atoms with Crippen LogP contribution in [0, 0.1) is 11.8 Å². The predicted molar refractivity (Wildman–Crippen MR) is 127 cm³/mol. The van der Waals surface area contributed by atoms with Gasteiger partial charge in [-0.25, -0.2) is 0 Å². The lowest BCUT2D eigenvalue weighted by Gasteiger charge is -2.37. The number of benzene rings is 1. The van der Waals surface area contributed by atoms with Gasteiger partial charge in [0.1, 0.15) is 12.4 Å². The first-order valence-electron chi connectivity index (χ1n) is 12.1. The highest BCUT2D eigenvalue weighted by Gasteiger charge is 2.31. The predicted octanol–water partition coefficient (Wildman–Crippen LogP) is 1.55. The maximum Gasteiger partial charge on any atom is 0.236 e. The lowest BCUT2D eigenvalue weighted by Crippen LogP contribution is -2.47. The van der Waals surface area contributed by atoms with Crippen LogP contribution in [0.25, 0.3) is 0 Å². The molecule has 2 saturated heterocycles. The molecule has 0 spiro atoms. The Kier molecular flexibility index (Phi) is 8.23. The molecule has 180 valence electrons. The van der Waals surface area contributed by atoms with Gasteiger partial charge in [0.05, 0.1) is 19.8 Å². The van der Waals surface area contributed by atoms with Gasteiger partial charge in [-0.15, -0.1) is 0 Å². The Morgan fingerprint density at radius 3 is 2.85 bits per heavy atom. The van der Waals surface area contributed by atoms with Crippen molar-refractivity contribution in [3.8, 4) is 5.75 Å². The van der Waals surface area contributed by atoms with Crippen molar-refractivity contribution < 1.29 is 19.1 Å². The van der Waals surface area contributed by atoms with Gasteiger partial charge in [-0.3, -0.25) is 9.59 Å². The van der Waals surface area contributed by atoms with E-state index in [4.69, 9.17) is 9.47 Å².